The summed E-state index contributed by atoms with van der Waals surface area (Å²) >= 11 is 0. The van der Waals surface area contributed by atoms with Crippen LogP contribution >= 0.6 is 0 Å². The molecule has 0 radical (unpaired) electrons. The molecular formula is C12H13NO2. The predicted molar refractivity (Wildman–Crippen MR) is 60.0 cm³/mol. The van der Waals surface area contributed by atoms with Crippen molar-refractivity contribution < 1.29 is 5.11 Å². The van der Waals surface area contributed by atoms with Gasteiger partial charge in [0.2, 0.25) is 0 Å². The van der Waals surface area contributed by atoms with Crippen LogP contribution in [0.25, 0.3) is 10.8 Å². The molecule has 3 nitrogen and oxygen atoms in total. The molecule has 0 aliphatic heterocycles. The van der Waals surface area contributed by atoms with Gasteiger partial charge in [-0.1, -0.05) is 17.7 Å². The summed E-state index contributed by atoms with van der Waals surface area (Å²) in [7, 11) is 0. The average Bonchev–Trinajstić information content (AvgIpc) is 2.23. The highest BCUT2D eigenvalue weighted by Gasteiger charge is 2.01. The molecule has 1 heterocycles. The first-order chi connectivity index (χ1) is 7.22. The van der Waals surface area contributed by atoms with Gasteiger partial charge in [-0.15, -0.1) is 0 Å². The minimum Gasteiger partial charge on any atom is -0.395 e. The third-order valence-corrected chi connectivity index (χ3v) is 2.48. The van der Waals surface area contributed by atoms with Crippen LogP contribution in [0.5, 0.6) is 0 Å². The molecule has 0 saturated heterocycles. The average molecular weight is 203 g/mol. The molecule has 0 aliphatic rings. The summed E-state index contributed by atoms with van der Waals surface area (Å²) < 4.78 is 1.53. The first kappa shape index (κ1) is 9.93. The van der Waals surface area contributed by atoms with Crippen LogP contribution in [-0.2, 0) is 6.54 Å². The lowest BCUT2D eigenvalue weighted by Gasteiger charge is -2.05. The van der Waals surface area contributed by atoms with E-state index in [0.29, 0.717) is 11.9 Å². The molecule has 0 saturated carbocycles. The quantitative estimate of drug-likeness (QED) is 0.799. The van der Waals surface area contributed by atoms with E-state index < -0.39 is 0 Å². The first-order valence-corrected chi connectivity index (χ1v) is 4.93. The molecule has 1 aromatic carbocycles. The largest absolute Gasteiger partial charge is 0.395 e. The van der Waals surface area contributed by atoms with E-state index in [1.165, 1.54) is 4.57 Å². The van der Waals surface area contributed by atoms with E-state index in [1.54, 1.807) is 6.20 Å². The summed E-state index contributed by atoms with van der Waals surface area (Å²) in [5.41, 5.74) is 1.03. The van der Waals surface area contributed by atoms with Crippen LogP contribution in [0.2, 0.25) is 0 Å². The number of pyridine rings is 1. The van der Waals surface area contributed by atoms with Crippen molar-refractivity contribution in [3.63, 3.8) is 0 Å². The van der Waals surface area contributed by atoms with Crippen LogP contribution < -0.4 is 5.56 Å². The van der Waals surface area contributed by atoms with Gasteiger partial charge in [-0.25, -0.2) is 0 Å². The highest BCUT2D eigenvalue weighted by Crippen LogP contribution is 2.11. The fourth-order valence-corrected chi connectivity index (χ4v) is 1.68. The van der Waals surface area contributed by atoms with Gasteiger partial charge in [-0.05, 0) is 24.4 Å². The summed E-state index contributed by atoms with van der Waals surface area (Å²) in [4.78, 5) is 11.9. The van der Waals surface area contributed by atoms with Crippen LogP contribution in [0, 0.1) is 6.92 Å². The molecule has 0 fully saturated rings. The zero-order chi connectivity index (χ0) is 10.8. The normalized spacial score (nSPS) is 10.8. The number of aryl methyl sites for hydroxylation is 1. The van der Waals surface area contributed by atoms with Gasteiger partial charge >= 0.3 is 0 Å². The van der Waals surface area contributed by atoms with Gasteiger partial charge in [0, 0.05) is 18.1 Å². The Morgan fingerprint density at radius 1 is 1.33 bits per heavy atom. The lowest BCUT2D eigenvalue weighted by Crippen LogP contribution is -2.20. The van der Waals surface area contributed by atoms with Crippen molar-refractivity contribution in [2.75, 3.05) is 6.61 Å². The zero-order valence-electron chi connectivity index (χ0n) is 8.60. The van der Waals surface area contributed by atoms with Crippen LogP contribution in [0.3, 0.4) is 0 Å². The molecule has 0 aliphatic carbocycles. The van der Waals surface area contributed by atoms with Gasteiger partial charge in [-0.3, -0.25) is 4.79 Å². The van der Waals surface area contributed by atoms with Crippen molar-refractivity contribution in [2.45, 2.75) is 13.5 Å². The number of benzene rings is 1. The smallest absolute Gasteiger partial charge is 0.258 e. The Kier molecular flexibility index (Phi) is 2.56. The molecule has 0 bridgehead atoms. The summed E-state index contributed by atoms with van der Waals surface area (Å²) in [6.07, 6.45) is 1.72. The Bertz CT molecular complexity index is 543. The second kappa shape index (κ2) is 3.87. The molecule has 78 valence electrons. The Balaban J connectivity index is 2.71. The Morgan fingerprint density at radius 2 is 2.13 bits per heavy atom. The molecule has 0 spiro atoms. The van der Waals surface area contributed by atoms with Crippen LogP contribution in [-0.4, -0.2) is 16.3 Å². The number of nitrogens with zero attached hydrogens (tertiary/aromatic N) is 1. The second-order valence-electron chi connectivity index (χ2n) is 3.63. The second-order valence-corrected chi connectivity index (χ2v) is 3.63. The van der Waals surface area contributed by atoms with Crippen LogP contribution in [0.1, 0.15) is 5.56 Å². The van der Waals surface area contributed by atoms with E-state index in [-0.39, 0.29) is 12.2 Å². The maximum Gasteiger partial charge on any atom is 0.258 e. The van der Waals surface area contributed by atoms with Gasteiger partial charge < -0.3 is 9.67 Å². The van der Waals surface area contributed by atoms with Crippen molar-refractivity contribution in [1.29, 1.82) is 0 Å². The molecule has 0 atom stereocenters. The van der Waals surface area contributed by atoms with E-state index in [2.05, 4.69) is 0 Å². The molecule has 2 rings (SSSR count). The van der Waals surface area contributed by atoms with E-state index in [4.69, 9.17) is 5.11 Å². The van der Waals surface area contributed by atoms with E-state index in [9.17, 15) is 4.79 Å². The lowest BCUT2D eigenvalue weighted by molar-refractivity contribution is 0.274. The lowest BCUT2D eigenvalue weighted by atomic mass is 10.1. The third-order valence-electron chi connectivity index (χ3n) is 2.48. The van der Waals surface area contributed by atoms with E-state index in [0.717, 1.165) is 10.9 Å². The molecule has 1 aromatic heterocycles. The topological polar surface area (TPSA) is 42.2 Å². The Hall–Kier alpha value is -1.61. The summed E-state index contributed by atoms with van der Waals surface area (Å²) in [6, 6.07) is 7.70. The monoisotopic (exact) mass is 203 g/mol. The number of rotatable bonds is 2. The predicted octanol–water partition coefficient (Wildman–Crippen LogP) is 1.30. The van der Waals surface area contributed by atoms with Crippen molar-refractivity contribution in [3.8, 4) is 0 Å². The maximum absolute atomic E-state index is 11.9. The Morgan fingerprint density at radius 3 is 2.87 bits per heavy atom. The number of aliphatic hydroxyl groups excluding tert-OH is 1. The highest BCUT2D eigenvalue weighted by molar-refractivity contribution is 5.81. The number of fused-ring (bicyclic) bond motifs is 1. The van der Waals surface area contributed by atoms with Gasteiger partial charge in [0.25, 0.3) is 5.56 Å². The first-order valence-electron chi connectivity index (χ1n) is 4.93. The van der Waals surface area contributed by atoms with Crippen LogP contribution in [0.4, 0.5) is 0 Å². The molecule has 1 N–H and O–H groups in total. The summed E-state index contributed by atoms with van der Waals surface area (Å²) in [5, 5.41) is 10.5. The van der Waals surface area contributed by atoms with Crippen LogP contribution in [0.15, 0.2) is 35.3 Å². The molecule has 3 heteroatoms. The van der Waals surface area contributed by atoms with Gasteiger partial charge in [0.15, 0.2) is 0 Å². The minimum absolute atomic E-state index is 0.0166. The molecule has 2 aromatic rings. The number of hydrogen-bond donors (Lipinski definition) is 1. The van der Waals surface area contributed by atoms with Crippen molar-refractivity contribution >= 4 is 10.8 Å². The van der Waals surface area contributed by atoms with Crippen molar-refractivity contribution in [2.24, 2.45) is 0 Å². The molecular weight excluding hydrogens is 190 g/mol. The maximum atomic E-state index is 11.9. The van der Waals surface area contributed by atoms with Crippen molar-refractivity contribution in [3.05, 3.63) is 46.4 Å². The minimum atomic E-state index is -0.0368. The van der Waals surface area contributed by atoms with Gasteiger partial charge in [-0.2, -0.15) is 0 Å². The fraction of sp³-hybridized carbons (Fsp3) is 0.250. The number of aromatic nitrogens is 1. The highest BCUT2D eigenvalue weighted by atomic mass is 16.3. The number of hydrogen-bond acceptors (Lipinski definition) is 2. The third kappa shape index (κ3) is 1.78. The summed E-state index contributed by atoms with van der Waals surface area (Å²) in [6.45, 7) is 2.29. The van der Waals surface area contributed by atoms with Gasteiger partial charge in [0.1, 0.15) is 0 Å². The molecule has 0 amide bonds. The zero-order valence-corrected chi connectivity index (χ0v) is 8.60. The van der Waals surface area contributed by atoms with E-state index >= 15 is 0 Å². The number of aliphatic hydroxyl groups is 1. The molecule has 0 unspecified atom stereocenters. The van der Waals surface area contributed by atoms with E-state index in [1.807, 2.05) is 31.2 Å². The van der Waals surface area contributed by atoms with Crippen molar-refractivity contribution in [1.82, 2.24) is 4.57 Å². The Labute approximate surface area is 87.6 Å². The standard InChI is InChI=1S/C12H13NO2/c1-9-2-3-10-4-5-13(6-7-14)12(15)11(10)8-9/h2-5,8,14H,6-7H2,1H3. The molecule has 15 heavy (non-hydrogen) atoms. The fourth-order valence-electron chi connectivity index (χ4n) is 1.68. The summed E-state index contributed by atoms with van der Waals surface area (Å²) in [5.74, 6) is 0. The van der Waals surface area contributed by atoms with Gasteiger partial charge in [0.05, 0.1) is 6.61 Å². The SMILES string of the molecule is Cc1ccc2ccn(CCO)c(=O)c2c1.